The highest BCUT2D eigenvalue weighted by Gasteiger charge is 2.43. The molecule has 1 aromatic carbocycles. The number of carbonyl (C=O) groups excluding carboxylic acids is 1. The molecule has 1 atom stereocenters. The summed E-state index contributed by atoms with van der Waals surface area (Å²) < 4.78 is 0. The number of amides is 1. The predicted molar refractivity (Wildman–Crippen MR) is 112 cm³/mol. The van der Waals surface area contributed by atoms with Crippen LogP contribution < -0.4 is 5.32 Å². The van der Waals surface area contributed by atoms with Crippen LogP contribution in [-0.4, -0.2) is 10.8 Å². The highest BCUT2D eigenvalue weighted by molar-refractivity contribution is 7.16. The van der Waals surface area contributed by atoms with Gasteiger partial charge in [-0.25, -0.2) is 0 Å². The van der Waals surface area contributed by atoms with E-state index in [4.69, 9.17) is 0 Å². The summed E-state index contributed by atoms with van der Waals surface area (Å²) in [6, 6.07) is 8.65. The first-order chi connectivity index (χ1) is 13.9. The van der Waals surface area contributed by atoms with Gasteiger partial charge in [0, 0.05) is 17.0 Å². The SMILES string of the molecule is C[C@@H]1CCc2c(sc(NC(=O)C3(c4ccc([N+](=O)[O-])cc4)CCCC3)c2C#N)C1. The molecule has 1 amide bonds. The Labute approximate surface area is 173 Å². The van der Waals surface area contributed by atoms with Crippen molar-refractivity contribution in [2.45, 2.75) is 57.3 Å². The number of rotatable bonds is 4. The van der Waals surface area contributed by atoms with Gasteiger partial charge in [-0.3, -0.25) is 14.9 Å². The standard InChI is InChI=1S/C22H23N3O3S/c1-14-4-9-17-18(13-23)20(29-19(17)12-14)24-21(26)22(10-2-3-11-22)15-5-7-16(8-6-15)25(27)28/h5-8,14H,2-4,9-12H2,1H3,(H,24,26)/t14-/m1/s1. The van der Waals surface area contributed by atoms with Crippen LogP contribution in [0.25, 0.3) is 0 Å². The van der Waals surface area contributed by atoms with Crippen LogP contribution in [0.2, 0.25) is 0 Å². The first-order valence-corrected chi connectivity index (χ1v) is 10.9. The lowest BCUT2D eigenvalue weighted by Crippen LogP contribution is -2.37. The molecule has 1 aromatic heterocycles. The van der Waals surface area contributed by atoms with E-state index < -0.39 is 10.3 Å². The average molecular weight is 410 g/mol. The molecule has 4 rings (SSSR count). The molecular weight excluding hydrogens is 386 g/mol. The largest absolute Gasteiger partial charge is 0.316 e. The van der Waals surface area contributed by atoms with Gasteiger partial charge < -0.3 is 5.32 Å². The summed E-state index contributed by atoms with van der Waals surface area (Å²) in [5.41, 5.74) is 1.85. The number of thiophene rings is 1. The summed E-state index contributed by atoms with van der Waals surface area (Å²) in [5.74, 6) is 0.490. The fraction of sp³-hybridized carbons (Fsp3) is 0.455. The lowest BCUT2D eigenvalue weighted by Gasteiger charge is -2.28. The lowest BCUT2D eigenvalue weighted by molar-refractivity contribution is -0.384. The second-order valence-electron chi connectivity index (χ2n) is 8.22. The number of anilines is 1. The van der Waals surface area contributed by atoms with Crippen LogP contribution in [0.1, 0.15) is 60.6 Å². The second-order valence-corrected chi connectivity index (χ2v) is 9.32. The van der Waals surface area contributed by atoms with Crippen LogP contribution in [0.4, 0.5) is 10.7 Å². The number of nitro groups is 1. The van der Waals surface area contributed by atoms with E-state index in [1.54, 1.807) is 12.1 Å². The minimum absolute atomic E-state index is 0.0223. The summed E-state index contributed by atoms with van der Waals surface area (Å²) in [5, 5.41) is 24.4. The predicted octanol–water partition coefficient (Wildman–Crippen LogP) is 5.10. The topological polar surface area (TPSA) is 96.0 Å². The number of hydrogen-bond acceptors (Lipinski definition) is 5. The van der Waals surface area contributed by atoms with Crippen LogP contribution in [0.5, 0.6) is 0 Å². The van der Waals surface area contributed by atoms with E-state index in [0.717, 1.165) is 43.2 Å². The van der Waals surface area contributed by atoms with Crippen LogP contribution >= 0.6 is 11.3 Å². The van der Waals surface area contributed by atoms with E-state index >= 15 is 0 Å². The maximum absolute atomic E-state index is 13.5. The molecule has 150 valence electrons. The number of benzene rings is 1. The normalized spacial score (nSPS) is 19.9. The molecule has 0 radical (unpaired) electrons. The van der Waals surface area contributed by atoms with Crippen molar-refractivity contribution < 1.29 is 9.72 Å². The van der Waals surface area contributed by atoms with Crippen molar-refractivity contribution >= 4 is 27.9 Å². The van der Waals surface area contributed by atoms with Gasteiger partial charge in [-0.05, 0) is 49.1 Å². The van der Waals surface area contributed by atoms with Crippen molar-refractivity contribution in [3.8, 4) is 6.07 Å². The van der Waals surface area contributed by atoms with Gasteiger partial charge in [0.15, 0.2) is 0 Å². The highest BCUT2D eigenvalue weighted by atomic mass is 32.1. The number of nitriles is 1. The zero-order chi connectivity index (χ0) is 20.6. The summed E-state index contributed by atoms with van der Waals surface area (Å²) in [6.45, 7) is 2.22. The zero-order valence-electron chi connectivity index (χ0n) is 16.4. The minimum Gasteiger partial charge on any atom is -0.316 e. The third-order valence-corrected chi connectivity index (χ3v) is 7.54. The van der Waals surface area contributed by atoms with Crippen LogP contribution in [-0.2, 0) is 23.1 Å². The Hall–Kier alpha value is -2.72. The smallest absolute Gasteiger partial charge is 0.269 e. The average Bonchev–Trinajstić information content (AvgIpc) is 3.33. The van der Waals surface area contributed by atoms with Crippen molar-refractivity contribution in [2.24, 2.45) is 5.92 Å². The fourth-order valence-electron chi connectivity index (χ4n) is 4.71. The molecule has 1 N–H and O–H groups in total. The molecule has 1 fully saturated rings. The Morgan fingerprint density at radius 2 is 2.00 bits per heavy atom. The van der Waals surface area contributed by atoms with Gasteiger partial charge in [0.1, 0.15) is 11.1 Å². The summed E-state index contributed by atoms with van der Waals surface area (Å²) in [7, 11) is 0. The molecule has 1 heterocycles. The molecule has 0 bridgehead atoms. The van der Waals surface area contributed by atoms with Gasteiger partial charge in [0.2, 0.25) is 5.91 Å². The number of nitrogens with one attached hydrogen (secondary N) is 1. The van der Waals surface area contributed by atoms with E-state index in [1.807, 2.05) is 0 Å². The van der Waals surface area contributed by atoms with Crippen LogP contribution in [0.3, 0.4) is 0 Å². The molecule has 6 nitrogen and oxygen atoms in total. The Balaban J connectivity index is 1.66. The first-order valence-electron chi connectivity index (χ1n) is 10.1. The van der Waals surface area contributed by atoms with E-state index in [2.05, 4.69) is 18.3 Å². The van der Waals surface area contributed by atoms with Gasteiger partial charge >= 0.3 is 0 Å². The quantitative estimate of drug-likeness (QED) is 0.561. The maximum Gasteiger partial charge on any atom is 0.269 e. The van der Waals surface area contributed by atoms with Gasteiger partial charge in [-0.15, -0.1) is 11.3 Å². The number of carbonyl (C=O) groups is 1. The molecule has 0 unspecified atom stereocenters. The Kier molecular flexibility index (Phi) is 5.13. The molecule has 2 aliphatic carbocycles. The van der Waals surface area contributed by atoms with Crippen molar-refractivity contribution in [2.75, 3.05) is 5.32 Å². The number of nitrogens with zero attached hydrogens (tertiary/aromatic N) is 2. The van der Waals surface area contributed by atoms with Crippen molar-refractivity contribution in [3.63, 3.8) is 0 Å². The Bertz CT molecular complexity index is 998. The Morgan fingerprint density at radius 1 is 1.31 bits per heavy atom. The van der Waals surface area contributed by atoms with E-state index in [1.165, 1.54) is 28.3 Å². The molecule has 0 aliphatic heterocycles. The molecule has 0 saturated heterocycles. The van der Waals surface area contributed by atoms with Crippen LogP contribution in [0.15, 0.2) is 24.3 Å². The van der Waals surface area contributed by atoms with Gasteiger partial charge in [0.25, 0.3) is 5.69 Å². The summed E-state index contributed by atoms with van der Waals surface area (Å²) in [6.07, 6.45) is 6.21. The molecule has 2 aromatic rings. The molecule has 2 aliphatic rings. The van der Waals surface area contributed by atoms with Gasteiger partial charge in [-0.1, -0.05) is 31.9 Å². The zero-order valence-corrected chi connectivity index (χ0v) is 17.2. The Morgan fingerprint density at radius 3 is 2.62 bits per heavy atom. The number of non-ortho nitro benzene ring substituents is 1. The molecule has 29 heavy (non-hydrogen) atoms. The van der Waals surface area contributed by atoms with Crippen LogP contribution in [0, 0.1) is 27.4 Å². The maximum atomic E-state index is 13.5. The van der Waals surface area contributed by atoms with E-state index in [-0.39, 0.29) is 11.6 Å². The monoisotopic (exact) mass is 409 g/mol. The lowest BCUT2D eigenvalue weighted by atomic mass is 9.78. The van der Waals surface area contributed by atoms with Crippen molar-refractivity contribution in [3.05, 3.63) is 55.9 Å². The number of hydrogen-bond donors (Lipinski definition) is 1. The summed E-state index contributed by atoms with van der Waals surface area (Å²) in [4.78, 5) is 25.2. The fourth-order valence-corrected chi connectivity index (χ4v) is 6.06. The third kappa shape index (κ3) is 3.42. The number of nitro benzene ring substituents is 1. The third-order valence-electron chi connectivity index (χ3n) is 6.37. The van der Waals surface area contributed by atoms with Gasteiger partial charge in [-0.2, -0.15) is 5.26 Å². The van der Waals surface area contributed by atoms with Gasteiger partial charge in [0.05, 0.1) is 15.9 Å². The molecular formula is C22H23N3O3S. The molecule has 7 heteroatoms. The minimum atomic E-state index is -0.695. The van der Waals surface area contributed by atoms with Crippen molar-refractivity contribution in [1.29, 1.82) is 5.26 Å². The van der Waals surface area contributed by atoms with E-state index in [0.29, 0.717) is 29.3 Å². The second kappa shape index (κ2) is 7.60. The number of fused-ring (bicyclic) bond motifs is 1. The molecule has 0 spiro atoms. The first kappa shape index (κ1) is 19.6. The van der Waals surface area contributed by atoms with E-state index in [9.17, 15) is 20.2 Å². The summed E-state index contributed by atoms with van der Waals surface area (Å²) >= 11 is 1.53. The highest BCUT2D eigenvalue weighted by Crippen LogP contribution is 2.44. The van der Waals surface area contributed by atoms with Crippen molar-refractivity contribution in [1.82, 2.24) is 0 Å². The molecule has 1 saturated carbocycles.